The topological polar surface area (TPSA) is 17.1 Å². The van der Waals surface area contributed by atoms with Gasteiger partial charge in [-0.25, -0.2) is 0 Å². The molecule has 0 N–H and O–H groups in total. The van der Waals surface area contributed by atoms with Gasteiger partial charge in [-0.15, -0.1) is 5.73 Å². The molecule has 0 fully saturated rings. The fourth-order valence-electron chi connectivity index (χ4n) is 2.47. The van der Waals surface area contributed by atoms with E-state index < -0.39 is 0 Å². The second-order valence-corrected chi connectivity index (χ2v) is 5.84. The van der Waals surface area contributed by atoms with E-state index in [1.807, 2.05) is 54.6 Å². The van der Waals surface area contributed by atoms with E-state index in [2.05, 4.69) is 18.9 Å². The molecule has 2 heteroatoms. The lowest BCUT2D eigenvalue weighted by molar-refractivity contribution is -0.117. The van der Waals surface area contributed by atoms with Gasteiger partial charge in [0, 0.05) is 17.9 Å². The largest absolute Gasteiger partial charge is 0.299 e. The first-order valence-electron chi connectivity index (χ1n) is 7.66. The van der Waals surface area contributed by atoms with Gasteiger partial charge in [0.2, 0.25) is 0 Å². The van der Waals surface area contributed by atoms with Crippen LogP contribution in [0.15, 0.2) is 96.2 Å². The Kier molecular flexibility index (Phi) is 6.57. The van der Waals surface area contributed by atoms with Crippen molar-refractivity contribution in [1.29, 1.82) is 0 Å². The van der Waals surface area contributed by atoms with Gasteiger partial charge in [-0.05, 0) is 34.4 Å². The molecule has 0 aliphatic rings. The van der Waals surface area contributed by atoms with Crippen LogP contribution in [0.1, 0.15) is 12.0 Å². The SMILES string of the molecule is C=C=C/C=C(/CC(=O)Cc1ccccc1-c1ccccc1)C(=C)Cl. The highest BCUT2D eigenvalue weighted by atomic mass is 35.5. The van der Waals surface area contributed by atoms with E-state index in [1.165, 1.54) is 0 Å². The maximum Gasteiger partial charge on any atom is 0.141 e. The van der Waals surface area contributed by atoms with E-state index in [-0.39, 0.29) is 12.2 Å². The Labute approximate surface area is 148 Å². The molecule has 0 radical (unpaired) electrons. The van der Waals surface area contributed by atoms with Crippen LogP contribution in [0.25, 0.3) is 11.1 Å². The molecule has 24 heavy (non-hydrogen) atoms. The third-order valence-corrected chi connectivity index (χ3v) is 3.87. The predicted octanol–water partition coefficient (Wildman–Crippen LogP) is 5.88. The number of carbonyl (C=O) groups excluding carboxylic acids is 1. The van der Waals surface area contributed by atoms with Gasteiger partial charge in [0.1, 0.15) is 5.78 Å². The van der Waals surface area contributed by atoms with Crippen molar-refractivity contribution in [3.63, 3.8) is 0 Å². The molecule has 0 heterocycles. The molecule has 2 rings (SSSR count). The average Bonchev–Trinajstić information content (AvgIpc) is 2.59. The average molecular weight is 335 g/mol. The van der Waals surface area contributed by atoms with Crippen molar-refractivity contribution in [1.82, 2.24) is 0 Å². The van der Waals surface area contributed by atoms with Gasteiger partial charge in [0.15, 0.2) is 0 Å². The smallest absolute Gasteiger partial charge is 0.141 e. The number of Topliss-reactive ketones (excluding diaryl/α,β-unsaturated/α-hetero) is 1. The standard InChI is InChI=1S/C22H19ClO/c1-3-4-10-19(17(2)23)15-21(24)16-20-13-8-9-14-22(20)18-11-6-5-7-12-18/h4-14H,1-2,15-16H2/b19-10-. The molecule has 0 unspecified atom stereocenters. The number of rotatable bonds is 7. The third kappa shape index (κ3) is 4.96. The number of hydrogen-bond donors (Lipinski definition) is 0. The fourth-order valence-corrected chi connectivity index (χ4v) is 2.60. The molecule has 120 valence electrons. The van der Waals surface area contributed by atoms with Crippen molar-refractivity contribution in [2.45, 2.75) is 12.8 Å². The molecule has 0 atom stereocenters. The summed E-state index contributed by atoms with van der Waals surface area (Å²) in [7, 11) is 0. The van der Waals surface area contributed by atoms with Crippen LogP contribution in [0.3, 0.4) is 0 Å². The highest BCUT2D eigenvalue weighted by Gasteiger charge is 2.12. The van der Waals surface area contributed by atoms with Crippen molar-refractivity contribution in [2.24, 2.45) is 0 Å². The first-order valence-corrected chi connectivity index (χ1v) is 8.04. The first-order chi connectivity index (χ1) is 11.6. The predicted molar refractivity (Wildman–Crippen MR) is 102 cm³/mol. The molecule has 0 saturated heterocycles. The van der Waals surface area contributed by atoms with Crippen LogP contribution in [-0.4, -0.2) is 5.78 Å². The van der Waals surface area contributed by atoms with E-state index in [4.69, 9.17) is 11.6 Å². The maximum atomic E-state index is 12.5. The number of carbonyl (C=O) groups is 1. The molecule has 0 saturated carbocycles. The number of hydrogen-bond acceptors (Lipinski definition) is 1. The van der Waals surface area contributed by atoms with E-state index in [0.717, 1.165) is 16.7 Å². The monoisotopic (exact) mass is 334 g/mol. The minimum atomic E-state index is 0.0869. The summed E-state index contributed by atoms with van der Waals surface area (Å²) in [5.74, 6) is 0.0869. The van der Waals surface area contributed by atoms with E-state index in [1.54, 1.807) is 12.2 Å². The number of allylic oxidation sites excluding steroid dienone is 4. The Bertz CT molecular complexity index is 809. The Morgan fingerprint density at radius 3 is 2.42 bits per heavy atom. The molecule has 0 amide bonds. The third-order valence-electron chi connectivity index (χ3n) is 3.63. The van der Waals surface area contributed by atoms with Crippen molar-refractivity contribution < 1.29 is 4.79 Å². The quantitative estimate of drug-likeness (QED) is 0.456. The van der Waals surface area contributed by atoms with Gasteiger partial charge in [-0.3, -0.25) is 4.79 Å². The molecule has 0 spiro atoms. The summed E-state index contributed by atoms with van der Waals surface area (Å²) in [6.07, 6.45) is 3.95. The lowest BCUT2D eigenvalue weighted by atomic mass is 9.94. The summed E-state index contributed by atoms with van der Waals surface area (Å²) in [6, 6.07) is 18.0. The summed E-state index contributed by atoms with van der Waals surface area (Å²) in [4.78, 5) is 12.5. The molecule has 0 aromatic heterocycles. The van der Waals surface area contributed by atoms with Gasteiger partial charge in [0.05, 0.1) is 0 Å². The minimum Gasteiger partial charge on any atom is -0.299 e. The summed E-state index contributed by atoms with van der Waals surface area (Å²) < 4.78 is 0. The van der Waals surface area contributed by atoms with Gasteiger partial charge in [-0.2, -0.15) is 0 Å². The zero-order valence-corrected chi connectivity index (χ0v) is 14.2. The van der Waals surface area contributed by atoms with Crippen molar-refractivity contribution >= 4 is 17.4 Å². The van der Waals surface area contributed by atoms with Gasteiger partial charge in [0.25, 0.3) is 0 Å². The Balaban J connectivity index is 2.21. The zero-order valence-electron chi connectivity index (χ0n) is 13.5. The first kappa shape index (κ1) is 17.7. The molecule has 0 bridgehead atoms. The maximum absolute atomic E-state index is 12.5. The van der Waals surface area contributed by atoms with Crippen LogP contribution >= 0.6 is 11.6 Å². The lowest BCUT2D eigenvalue weighted by Gasteiger charge is -2.10. The molecule has 1 nitrogen and oxygen atoms in total. The zero-order chi connectivity index (χ0) is 17.4. The fraction of sp³-hybridized carbons (Fsp3) is 0.0909. The molecular formula is C22H19ClO. The normalized spacial score (nSPS) is 10.8. The van der Waals surface area contributed by atoms with E-state index >= 15 is 0 Å². The van der Waals surface area contributed by atoms with Gasteiger partial charge >= 0.3 is 0 Å². The molecular weight excluding hydrogens is 316 g/mol. The van der Waals surface area contributed by atoms with Crippen LogP contribution in [0.4, 0.5) is 0 Å². The van der Waals surface area contributed by atoms with Crippen molar-refractivity contribution in [2.75, 3.05) is 0 Å². The van der Waals surface area contributed by atoms with Crippen LogP contribution in [0.2, 0.25) is 0 Å². The highest BCUT2D eigenvalue weighted by Crippen LogP contribution is 2.25. The Morgan fingerprint density at radius 1 is 1.08 bits per heavy atom. The molecule has 2 aromatic rings. The lowest BCUT2D eigenvalue weighted by Crippen LogP contribution is -2.05. The van der Waals surface area contributed by atoms with Crippen molar-refractivity contribution in [3.8, 4) is 11.1 Å². The highest BCUT2D eigenvalue weighted by molar-refractivity contribution is 6.31. The molecule has 0 aliphatic heterocycles. The number of halogens is 1. The van der Waals surface area contributed by atoms with Crippen LogP contribution in [0, 0.1) is 0 Å². The summed E-state index contributed by atoms with van der Waals surface area (Å²) in [6.45, 7) is 7.21. The van der Waals surface area contributed by atoms with Crippen molar-refractivity contribution in [3.05, 3.63) is 102 Å². The van der Waals surface area contributed by atoms with Crippen LogP contribution < -0.4 is 0 Å². The second-order valence-electron chi connectivity index (χ2n) is 5.38. The summed E-state index contributed by atoms with van der Waals surface area (Å²) in [5, 5.41) is 0.367. The van der Waals surface area contributed by atoms with E-state index in [9.17, 15) is 4.79 Å². The summed E-state index contributed by atoms with van der Waals surface area (Å²) >= 11 is 5.97. The van der Waals surface area contributed by atoms with Gasteiger partial charge < -0.3 is 0 Å². The minimum absolute atomic E-state index is 0.0869. The number of ketones is 1. The summed E-state index contributed by atoms with van der Waals surface area (Å²) in [5.41, 5.74) is 6.52. The van der Waals surface area contributed by atoms with Gasteiger partial charge in [-0.1, -0.05) is 79.4 Å². The Morgan fingerprint density at radius 2 is 1.75 bits per heavy atom. The Hall–Kier alpha value is -2.60. The molecule has 2 aromatic carbocycles. The number of benzene rings is 2. The van der Waals surface area contributed by atoms with Crippen LogP contribution in [0.5, 0.6) is 0 Å². The second kappa shape index (κ2) is 8.88. The van der Waals surface area contributed by atoms with E-state index in [0.29, 0.717) is 17.0 Å². The molecule has 0 aliphatic carbocycles. The van der Waals surface area contributed by atoms with Crippen LogP contribution in [-0.2, 0) is 11.2 Å².